The summed E-state index contributed by atoms with van der Waals surface area (Å²) >= 11 is 0. The van der Waals surface area contributed by atoms with E-state index in [1.807, 2.05) is 44.2 Å². The summed E-state index contributed by atoms with van der Waals surface area (Å²) in [6, 6.07) is 18.6. The number of phenolic OH excluding ortho intramolecular Hbond substituents is 1. The van der Waals surface area contributed by atoms with Gasteiger partial charge in [0, 0.05) is 78.9 Å². The molecule has 12 nitrogen and oxygen atoms in total. The Balaban J connectivity index is 1.40. The molecule has 0 spiro atoms. The average molecular weight is 845 g/mol. The van der Waals surface area contributed by atoms with Crippen molar-refractivity contribution >= 4 is 50.9 Å². The first-order chi connectivity index (χ1) is 29.3. The molecule has 2 aliphatic heterocycles. The van der Waals surface area contributed by atoms with Crippen LogP contribution in [0.4, 0.5) is 0 Å². The highest BCUT2D eigenvalue weighted by Gasteiger charge is 2.44. The Morgan fingerprint density at radius 1 is 1.10 bits per heavy atom. The van der Waals surface area contributed by atoms with Gasteiger partial charge >= 0.3 is 5.97 Å². The number of cyclic esters (lactones) is 1. The van der Waals surface area contributed by atoms with Gasteiger partial charge in [0.25, 0.3) is 5.91 Å². The fourth-order valence-electron chi connectivity index (χ4n) is 8.80. The van der Waals surface area contributed by atoms with Gasteiger partial charge in [-0.25, -0.2) is 5.43 Å². The van der Waals surface area contributed by atoms with E-state index in [-0.39, 0.29) is 43.1 Å². The number of fused-ring (bicyclic) bond motifs is 6. The van der Waals surface area contributed by atoms with E-state index in [2.05, 4.69) is 65.1 Å². The van der Waals surface area contributed by atoms with Crippen molar-refractivity contribution in [2.24, 2.45) is 5.41 Å². The molecule has 2 aliphatic rings. The summed E-state index contributed by atoms with van der Waals surface area (Å²) in [4.78, 5) is 51.9. The first-order valence-electron chi connectivity index (χ1n) is 20.9. The molecule has 1 fully saturated rings. The molecule has 3 N–H and O–H groups in total. The first-order valence-corrected chi connectivity index (χ1v) is 22.0. The minimum absolute atomic E-state index is 0.00205. The molecule has 0 saturated carbocycles. The molecular formula is C48H56N6O6S. The summed E-state index contributed by atoms with van der Waals surface area (Å²) in [6.07, 6.45) is 6.56. The molecule has 4 atom stereocenters. The second kappa shape index (κ2) is 18.2. The highest BCUT2D eigenvalue weighted by atomic mass is 32.1. The fourth-order valence-corrected chi connectivity index (χ4v) is 9.33. The lowest BCUT2D eigenvalue weighted by atomic mass is 9.84. The van der Waals surface area contributed by atoms with Crippen LogP contribution in [0.1, 0.15) is 88.3 Å². The molecule has 320 valence electrons. The van der Waals surface area contributed by atoms with E-state index in [0.29, 0.717) is 37.9 Å². The summed E-state index contributed by atoms with van der Waals surface area (Å²) in [5.74, 6) is 2.60. The number of aromatic hydroxyl groups is 1. The van der Waals surface area contributed by atoms with Crippen molar-refractivity contribution in [3.05, 3.63) is 102 Å². The predicted molar refractivity (Wildman–Crippen MR) is 242 cm³/mol. The average Bonchev–Trinajstić information content (AvgIpc) is 3.56. The molecule has 2 amide bonds. The number of aryl methyl sites for hydroxylation is 1. The van der Waals surface area contributed by atoms with Gasteiger partial charge in [-0.3, -0.25) is 29.4 Å². The number of carbonyl (C=O) groups excluding carboxylic acids is 3. The minimum atomic E-state index is -1.62. The zero-order valence-electron chi connectivity index (χ0n) is 35.9. The van der Waals surface area contributed by atoms with Gasteiger partial charge in [-0.05, 0) is 121 Å². The number of nitrogens with zero attached hydrogens (tertiary/aromatic N) is 4. The van der Waals surface area contributed by atoms with Gasteiger partial charge in [0.2, 0.25) is 5.91 Å². The zero-order chi connectivity index (χ0) is 43.5. The van der Waals surface area contributed by atoms with Gasteiger partial charge in [-0.15, -0.1) is 0 Å². The molecule has 0 radical (unpaired) electrons. The van der Waals surface area contributed by atoms with Crippen molar-refractivity contribution in [3.8, 4) is 28.1 Å². The largest absolute Gasteiger partial charge is 0.508 e. The fraction of sp³-hybridized carbons (Fsp3) is 0.396. The van der Waals surface area contributed by atoms with Crippen LogP contribution in [-0.2, 0) is 43.2 Å². The number of ether oxygens (including phenoxy) is 2. The smallest absolute Gasteiger partial charge is 0.324 e. The van der Waals surface area contributed by atoms with Gasteiger partial charge in [-0.1, -0.05) is 32.9 Å². The van der Waals surface area contributed by atoms with Crippen LogP contribution in [0.2, 0.25) is 0 Å². The second-order valence-corrected chi connectivity index (χ2v) is 17.7. The lowest BCUT2D eigenvalue weighted by Crippen LogP contribution is -2.67. The number of phenols is 1. The van der Waals surface area contributed by atoms with E-state index in [0.717, 1.165) is 61.0 Å². The number of benzene rings is 2. The van der Waals surface area contributed by atoms with E-state index in [1.54, 1.807) is 43.2 Å². The maximum absolute atomic E-state index is 15.0. The number of hydrogen-bond donors (Lipinski definition) is 3. The number of esters is 1. The monoisotopic (exact) mass is 844 g/mol. The van der Waals surface area contributed by atoms with Crippen LogP contribution in [0, 0.1) is 5.41 Å². The Kier molecular flexibility index (Phi) is 12.9. The molecule has 61 heavy (non-hydrogen) atoms. The first kappa shape index (κ1) is 43.5. The van der Waals surface area contributed by atoms with Crippen LogP contribution < -0.4 is 10.7 Å². The molecule has 7 rings (SSSR count). The van der Waals surface area contributed by atoms with Crippen molar-refractivity contribution < 1.29 is 29.0 Å². The number of carbonyl (C=O) groups is 3. The van der Waals surface area contributed by atoms with Crippen LogP contribution in [0.5, 0.6) is 5.75 Å². The van der Waals surface area contributed by atoms with Crippen molar-refractivity contribution in [3.63, 3.8) is 0 Å². The molecule has 6 bridgehead atoms. The zero-order valence-corrected chi connectivity index (χ0v) is 36.7. The third-order valence-electron chi connectivity index (χ3n) is 11.9. The number of amides is 2. The maximum Gasteiger partial charge on any atom is 0.324 e. The van der Waals surface area contributed by atoms with Gasteiger partial charge in [-0.2, -0.15) is 10.9 Å². The van der Waals surface area contributed by atoms with Gasteiger partial charge in [0.05, 0.1) is 24.1 Å². The standard InChI is InChI=1S/C48H56N6O6S/c1-8-53-41-14-13-34-25-38(41)39(44(53)37-11-9-17-50-43(37)31(3)59-6)27-47(4,5)28-60-45(57)40-12-10-20-54(52-40)46(58)48(29-61-7,26-32-22-35(34)24-36(55)23-32)51-42(56)21-30(2)33-15-18-49-19-16-33/h9,11,13-19,22-25,29-31,40,52,55H,7-8,10,12,20-21,26-28H2,1-6H3,(H,51,56)/t30?,31-,40-,48-/m0/s1. The van der Waals surface area contributed by atoms with E-state index in [4.69, 9.17) is 14.5 Å². The van der Waals surface area contributed by atoms with Crippen molar-refractivity contribution in [2.45, 2.75) is 96.9 Å². The molecular weight excluding hydrogens is 789 g/mol. The quantitative estimate of drug-likeness (QED) is 0.102. The van der Waals surface area contributed by atoms with Gasteiger partial charge < -0.3 is 24.5 Å². The van der Waals surface area contributed by atoms with E-state index < -0.39 is 28.9 Å². The number of hydrazine groups is 1. The predicted octanol–water partition coefficient (Wildman–Crippen LogP) is 7.38. The van der Waals surface area contributed by atoms with Crippen LogP contribution in [0.15, 0.2) is 79.3 Å². The number of nitrogens with one attached hydrogen (secondary N) is 2. The third kappa shape index (κ3) is 9.19. The van der Waals surface area contributed by atoms with Crippen LogP contribution in [-0.4, -0.2) is 85.5 Å². The van der Waals surface area contributed by atoms with Gasteiger partial charge in [0.1, 0.15) is 11.8 Å². The molecule has 3 aromatic heterocycles. The summed E-state index contributed by atoms with van der Waals surface area (Å²) in [5.41, 5.74) is 9.10. The molecule has 5 heterocycles. The highest BCUT2D eigenvalue weighted by molar-refractivity contribution is 7.95. The van der Waals surface area contributed by atoms with Crippen LogP contribution >= 0.6 is 10.9 Å². The third-order valence-corrected chi connectivity index (χ3v) is 12.5. The molecule has 0 aliphatic carbocycles. The normalized spacial score (nSPS) is 20.3. The van der Waals surface area contributed by atoms with Crippen molar-refractivity contribution in [1.82, 2.24) is 30.3 Å². The van der Waals surface area contributed by atoms with Crippen molar-refractivity contribution in [1.29, 1.82) is 0 Å². The lowest BCUT2D eigenvalue weighted by Gasteiger charge is -2.39. The summed E-state index contributed by atoms with van der Waals surface area (Å²) in [7, 11) is 2.75. The van der Waals surface area contributed by atoms with Gasteiger partial charge in [0.15, 0.2) is 5.54 Å². The second-order valence-electron chi connectivity index (χ2n) is 17.1. The number of rotatable bonds is 9. The molecule has 2 aromatic carbocycles. The molecule has 13 heteroatoms. The summed E-state index contributed by atoms with van der Waals surface area (Å²) in [6.45, 7) is 11.4. The SMILES string of the molecule is C=S=C[C@@]1(NC(=O)CC(C)c2ccncc2)Cc2cc(O)cc(c2)-c2ccc3c(c2)c(c(-c2cccnc2[C@H](C)OC)n3CC)CC(C)(C)COC(=O)[C@@H]2CCCN(N2)C1=O. The van der Waals surface area contributed by atoms with E-state index in [1.165, 1.54) is 5.01 Å². The summed E-state index contributed by atoms with van der Waals surface area (Å²) < 4.78 is 14.2. The Bertz CT molecular complexity index is 2500. The van der Waals surface area contributed by atoms with Crippen LogP contribution in [0.3, 0.4) is 0 Å². The topological polar surface area (TPSA) is 148 Å². The summed E-state index contributed by atoms with van der Waals surface area (Å²) in [5, 5.41) is 18.6. The van der Waals surface area contributed by atoms with E-state index >= 15 is 0 Å². The van der Waals surface area contributed by atoms with Crippen LogP contribution in [0.25, 0.3) is 33.3 Å². The molecule has 5 aromatic rings. The Morgan fingerprint density at radius 2 is 1.89 bits per heavy atom. The Labute approximate surface area is 361 Å². The maximum atomic E-state index is 15.0. The van der Waals surface area contributed by atoms with E-state index in [9.17, 15) is 19.5 Å². The molecule has 1 unspecified atom stereocenters. The Morgan fingerprint density at radius 3 is 2.62 bits per heavy atom. The number of methoxy groups -OCH3 is 1. The molecule has 1 saturated heterocycles. The minimum Gasteiger partial charge on any atom is -0.508 e. The number of aromatic nitrogens is 3. The Hall–Kier alpha value is -5.63. The van der Waals surface area contributed by atoms with Crippen molar-refractivity contribution in [2.75, 3.05) is 20.3 Å². The lowest BCUT2D eigenvalue weighted by molar-refractivity contribution is -0.156. The number of pyridine rings is 2. The highest BCUT2D eigenvalue weighted by Crippen LogP contribution is 2.42. The number of hydrogen-bond acceptors (Lipinski definition) is 9.